The van der Waals surface area contributed by atoms with Crippen LogP contribution < -0.4 is 10.2 Å². The highest BCUT2D eigenvalue weighted by molar-refractivity contribution is 6.24. The quantitative estimate of drug-likeness (QED) is 0.258. The van der Waals surface area contributed by atoms with Crippen molar-refractivity contribution in [3.8, 4) is 0 Å². The summed E-state index contributed by atoms with van der Waals surface area (Å²) in [7, 11) is 5.24. The average molecular weight is 551 g/mol. The predicted molar refractivity (Wildman–Crippen MR) is 158 cm³/mol. The summed E-state index contributed by atoms with van der Waals surface area (Å²) in [5.74, 6) is -1.54. The number of carbonyl (C=O) groups is 3. The van der Waals surface area contributed by atoms with Gasteiger partial charge in [-0.25, -0.2) is 4.79 Å². The minimum atomic E-state index is -0.737. The van der Waals surface area contributed by atoms with E-state index in [1.165, 1.54) is 7.11 Å². The smallest absolute Gasteiger partial charge is 0.337 e. The number of esters is 1. The first kappa shape index (κ1) is 27.6. The number of aromatic nitrogens is 2. The third-order valence-corrected chi connectivity index (χ3v) is 6.91. The van der Waals surface area contributed by atoms with Crippen molar-refractivity contribution in [2.45, 2.75) is 12.8 Å². The first-order valence-corrected chi connectivity index (χ1v) is 13.1. The van der Waals surface area contributed by atoms with E-state index < -0.39 is 11.9 Å². The molecule has 1 aliphatic rings. The number of carbonyl (C=O) groups excluding carboxylic acids is 3. The molecular formula is C31H30N6O4. The zero-order valence-corrected chi connectivity index (χ0v) is 23.3. The minimum Gasteiger partial charge on any atom is -0.465 e. The summed E-state index contributed by atoms with van der Waals surface area (Å²) in [6.07, 6.45) is 3.24. The Kier molecular flexibility index (Phi) is 7.84. The molecule has 4 aromatic rings. The van der Waals surface area contributed by atoms with Gasteiger partial charge in [0.25, 0.3) is 0 Å². The first-order chi connectivity index (χ1) is 19.7. The molecule has 5 rings (SSSR count). The number of amides is 2. The highest BCUT2D eigenvalue weighted by Gasteiger charge is 2.36. The lowest BCUT2D eigenvalue weighted by Crippen LogP contribution is -2.35. The molecule has 0 fully saturated rings. The number of fused-ring (bicyclic) bond motifs is 2. The van der Waals surface area contributed by atoms with E-state index in [9.17, 15) is 14.4 Å². The number of hydrogen-bond donors (Lipinski definition) is 1. The molecule has 0 aliphatic carbocycles. The molecule has 41 heavy (non-hydrogen) atoms. The van der Waals surface area contributed by atoms with Gasteiger partial charge in [0.1, 0.15) is 5.92 Å². The Labute approximate surface area is 237 Å². The maximum Gasteiger partial charge on any atom is 0.337 e. The van der Waals surface area contributed by atoms with Crippen LogP contribution in [0.5, 0.6) is 0 Å². The van der Waals surface area contributed by atoms with Crippen molar-refractivity contribution in [3.05, 3.63) is 89.7 Å². The van der Waals surface area contributed by atoms with E-state index in [0.717, 1.165) is 17.7 Å². The van der Waals surface area contributed by atoms with Gasteiger partial charge in [0.15, 0.2) is 0 Å². The largest absolute Gasteiger partial charge is 0.465 e. The molecule has 1 atom stereocenters. The summed E-state index contributed by atoms with van der Waals surface area (Å²) in [6, 6.07) is 17.9. The Balaban J connectivity index is 1.58. The van der Waals surface area contributed by atoms with Crippen LogP contribution >= 0.6 is 0 Å². The van der Waals surface area contributed by atoms with Crippen LogP contribution in [-0.2, 0) is 14.3 Å². The van der Waals surface area contributed by atoms with Gasteiger partial charge < -0.3 is 19.9 Å². The number of ether oxygens (including phenoxy) is 1. The van der Waals surface area contributed by atoms with Crippen LogP contribution in [0.15, 0.2) is 78.0 Å². The zero-order chi connectivity index (χ0) is 29.1. The lowest BCUT2D eigenvalue weighted by Gasteiger charge is -2.23. The van der Waals surface area contributed by atoms with Gasteiger partial charge in [-0.2, -0.15) is 0 Å². The fraction of sp³-hybridized carbons (Fsp3) is 0.226. The maximum absolute atomic E-state index is 13.4. The van der Waals surface area contributed by atoms with E-state index in [4.69, 9.17) is 9.73 Å². The standard InChI is InChI=1S/C31H30N6O4/c1-19(38)37(16-15-36(2)3)23-9-7-22(8-10-23)34-29(20-6-12-25-27(17-20)33-14-13-32-25)28-24-11-5-21(31(40)41-4)18-26(24)35-30(28)39/h5-14,17-18,28H,15-16H2,1-4H3,(H,35,39). The SMILES string of the molecule is COC(=O)c1ccc2c(c1)NC(=O)C2C(=Nc1ccc(N(CCN(C)C)C(C)=O)cc1)c1ccc2nccnc2c1. The fourth-order valence-electron chi connectivity index (χ4n) is 4.81. The highest BCUT2D eigenvalue weighted by Crippen LogP contribution is 2.37. The van der Waals surface area contributed by atoms with Crippen molar-refractivity contribution < 1.29 is 19.1 Å². The number of rotatable bonds is 8. The van der Waals surface area contributed by atoms with Gasteiger partial charge in [0.2, 0.25) is 11.8 Å². The molecule has 0 bridgehead atoms. The number of aliphatic imine (C=N–C) groups is 1. The van der Waals surface area contributed by atoms with Crippen LogP contribution in [0.3, 0.4) is 0 Å². The number of likely N-dealkylation sites (N-methyl/N-ethyl adjacent to an activating group) is 1. The minimum absolute atomic E-state index is 0.0494. The van der Waals surface area contributed by atoms with Crippen molar-refractivity contribution in [3.63, 3.8) is 0 Å². The number of nitrogens with one attached hydrogen (secondary N) is 1. The molecule has 1 aliphatic heterocycles. The molecule has 1 aromatic heterocycles. The number of methoxy groups -OCH3 is 1. The first-order valence-electron chi connectivity index (χ1n) is 13.1. The molecular weight excluding hydrogens is 520 g/mol. The molecule has 1 unspecified atom stereocenters. The Morgan fingerprint density at radius 1 is 0.927 bits per heavy atom. The predicted octanol–water partition coefficient (Wildman–Crippen LogP) is 4.19. The van der Waals surface area contributed by atoms with E-state index >= 15 is 0 Å². The highest BCUT2D eigenvalue weighted by atomic mass is 16.5. The molecule has 208 valence electrons. The fourth-order valence-corrected chi connectivity index (χ4v) is 4.81. The molecule has 1 N–H and O–H groups in total. The maximum atomic E-state index is 13.4. The van der Waals surface area contributed by atoms with Gasteiger partial charge in [-0.1, -0.05) is 12.1 Å². The van der Waals surface area contributed by atoms with Crippen molar-refractivity contribution in [2.24, 2.45) is 4.99 Å². The third kappa shape index (κ3) is 5.82. The van der Waals surface area contributed by atoms with Crippen molar-refractivity contribution >= 4 is 51.6 Å². The van der Waals surface area contributed by atoms with Crippen LogP contribution in [0.25, 0.3) is 11.0 Å². The normalized spacial score (nSPS) is 14.6. The van der Waals surface area contributed by atoms with Crippen LogP contribution in [-0.4, -0.2) is 72.7 Å². The number of nitrogens with zero attached hydrogens (tertiary/aromatic N) is 5. The second-order valence-electron chi connectivity index (χ2n) is 9.96. The summed E-state index contributed by atoms with van der Waals surface area (Å²) in [5, 5.41) is 2.90. The van der Waals surface area contributed by atoms with E-state index in [1.807, 2.05) is 61.5 Å². The summed E-state index contributed by atoms with van der Waals surface area (Å²) < 4.78 is 4.84. The summed E-state index contributed by atoms with van der Waals surface area (Å²) in [5.41, 5.74) is 5.57. The summed E-state index contributed by atoms with van der Waals surface area (Å²) >= 11 is 0. The lowest BCUT2D eigenvalue weighted by molar-refractivity contribution is -0.117. The molecule has 3 aromatic carbocycles. The van der Waals surface area contributed by atoms with Crippen LogP contribution in [0.4, 0.5) is 17.1 Å². The van der Waals surface area contributed by atoms with Crippen molar-refractivity contribution in [1.82, 2.24) is 14.9 Å². The summed E-state index contributed by atoms with van der Waals surface area (Å²) in [4.78, 5) is 55.3. The van der Waals surface area contributed by atoms with Crippen LogP contribution in [0.2, 0.25) is 0 Å². The second-order valence-corrected chi connectivity index (χ2v) is 9.96. The third-order valence-electron chi connectivity index (χ3n) is 6.91. The number of benzene rings is 3. The Hall–Kier alpha value is -4.96. The second kappa shape index (κ2) is 11.6. The van der Waals surface area contributed by atoms with E-state index in [2.05, 4.69) is 15.3 Å². The lowest BCUT2D eigenvalue weighted by atomic mass is 9.90. The van der Waals surface area contributed by atoms with Crippen molar-refractivity contribution in [2.75, 3.05) is 44.5 Å². The van der Waals surface area contributed by atoms with Gasteiger partial charge in [0.05, 0.1) is 35.1 Å². The Morgan fingerprint density at radius 3 is 2.32 bits per heavy atom. The van der Waals surface area contributed by atoms with Gasteiger partial charge in [0, 0.05) is 43.8 Å². The average Bonchev–Trinajstić information content (AvgIpc) is 3.30. The van der Waals surface area contributed by atoms with Gasteiger partial charge in [-0.05, 0) is 73.8 Å². The van der Waals surface area contributed by atoms with Gasteiger partial charge >= 0.3 is 5.97 Å². The molecule has 10 nitrogen and oxygen atoms in total. The monoisotopic (exact) mass is 550 g/mol. The molecule has 0 saturated carbocycles. The van der Waals surface area contributed by atoms with E-state index in [-0.39, 0.29) is 11.8 Å². The van der Waals surface area contributed by atoms with Crippen molar-refractivity contribution in [1.29, 1.82) is 0 Å². The summed E-state index contributed by atoms with van der Waals surface area (Å²) in [6.45, 7) is 2.83. The van der Waals surface area contributed by atoms with Gasteiger partial charge in [-0.3, -0.25) is 24.5 Å². The zero-order valence-electron chi connectivity index (χ0n) is 23.3. The Morgan fingerprint density at radius 2 is 1.63 bits per heavy atom. The topological polar surface area (TPSA) is 117 Å². The number of hydrogen-bond acceptors (Lipinski definition) is 8. The van der Waals surface area contributed by atoms with E-state index in [0.29, 0.717) is 45.8 Å². The van der Waals surface area contributed by atoms with Crippen LogP contribution in [0.1, 0.15) is 34.3 Å². The van der Waals surface area contributed by atoms with E-state index in [1.54, 1.807) is 42.4 Å². The number of anilines is 2. The van der Waals surface area contributed by atoms with Gasteiger partial charge in [-0.15, -0.1) is 0 Å². The molecule has 0 spiro atoms. The molecule has 0 saturated heterocycles. The Bertz CT molecular complexity index is 1670. The molecule has 10 heteroatoms. The molecule has 0 radical (unpaired) electrons. The molecule has 2 heterocycles. The molecule has 2 amide bonds. The van der Waals surface area contributed by atoms with Crippen LogP contribution in [0, 0.1) is 0 Å².